The number of hydrogen-bond acceptors (Lipinski definition) is 4. The summed E-state index contributed by atoms with van der Waals surface area (Å²) in [4.78, 5) is 19.2. The van der Waals surface area contributed by atoms with Crippen molar-refractivity contribution in [1.82, 2.24) is 9.97 Å². The average Bonchev–Trinajstić information content (AvgIpc) is 3.02. The van der Waals surface area contributed by atoms with Gasteiger partial charge >= 0.3 is 0 Å². The molecule has 1 aromatic rings. The Hall–Kier alpha value is -1.49. The number of carbonyl (C=O) groups is 1. The summed E-state index contributed by atoms with van der Waals surface area (Å²) in [5.74, 6) is 1.18. The van der Waals surface area contributed by atoms with E-state index < -0.39 is 0 Å². The van der Waals surface area contributed by atoms with E-state index in [4.69, 9.17) is 5.73 Å². The van der Waals surface area contributed by atoms with Crippen molar-refractivity contribution in [1.29, 1.82) is 0 Å². The molecule has 2 rings (SSSR count). The summed E-state index contributed by atoms with van der Waals surface area (Å²) in [6, 6.07) is 0. The Morgan fingerprint density at radius 1 is 1.50 bits per heavy atom. The number of nitrogens with two attached hydrogens (primary N) is 1. The van der Waals surface area contributed by atoms with Crippen LogP contribution in [0.4, 0.5) is 5.69 Å². The first kappa shape index (κ1) is 9.08. The molecule has 1 heterocycles. The van der Waals surface area contributed by atoms with E-state index in [9.17, 15) is 4.79 Å². The number of rotatable bonds is 3. The Kier molecular flexibility index (Phi) is 2.41. The second kappa shape index (κ2) is 3.71. The van der Waals surface area contributed by atoms with Crippen LogP contribution in [-0.4, -0.2) is 22.4 Å². The zero-order chi connectivity index (χ0) is 9.97. The molecule has 0 radical (unpaired) electrons. The topological polar surface area (TPSA) is 80.9 Å². The Morgan fingerprint density at radius 3 is 2.64 bits per heavy atom. The maximum absolute atomic E-state index is 10.9. The molecule has 1 fully saturated rings. The first-order valence-corrected chi connectivity index (χ1v) is 4.61. The fraction of sp³-hybridized carbons (Fsp3) is 0.444. The molecule has 14 heavy (non-hydrogen) atoms. The minimum atomic E-state index is -0.229. The standard InChI is InChI=1S/C9H12N4O/c10-3-8(14)13-7-4-11-9(12-5-7)6-1-2-6/h4-6H,1-3,10H2,(H,13,14). The Morgan fingerprint density at radius 2 is 2.14 bits per heavy atom. The first-order valence-electron chi connectivity index (χ1n) is 4.61. The van der Waals surface area contributed by atoms with Gasteiger partial charge in [0, 0.05) is 5.92 Å². The lowest BCUT2D eigenvalue weighted by Gasteiger charge is -2.02. The molecule has 0 unspecified atom stereocenters. The summed E-state index contributed by atoms with van der Waals surface area (Å²) in [6.07, 6.45) is 5.59. The number of nitrogens with one attached hydrogen (secondary N) is 1. The number of hydrogen-bond donors (Lipinski definition) is 2. The molecule has 0 bridgehead atoms. The van der Waals surface area contributed by atoms with Crippen molar-refractivity contribution in [2.24, 2.45) is 5.73 Å². The molecule has 5 nitrogen and oxygen atoms in total. The Bertz CT molecular complexity index is 331. The quantitative estimate of drug-likeness (QED) is 0.719. The van der Waals surface area contributed by atoms with Gasteiger partial charge in [0.05, 0.1) is 24.6 Å². The van der Waals surface area contributed by atoms with Crippen LogP contribution in [0.2, 0.25) is 0 Å². The van der Waals surface area contributed by atoms with Crippen molar-refractivity contribution in [3.8, 4) is 0 Å². The molecule has 5 heteroatoms. The van der Waals surface area contributed by atoms with Gasteiger partial charge in [-0.15, -0.1) is 0 Å². The molecule has 0 aromatic carbocycles. The van der Waals surface area contributed by atoms with E-state index in [2.05, 4.69) is 15.3 Å². The van der Waals surface area contributed by atoms with Crippen LogP contribution in [0.15, 0.2) is 12.4 Å². The molecular weight excluding hydrogens is 180 g/mol. The summed E-state index contributed by atoms with van der Waals surface area (Å²) in [5.41, 5.74) is 5.76. The molecule has 1 amide bonds. The van der Waals surface area contributed by atoms with Crippen molar-refractivity contribution in [2.45, 2.75) is 18.8 Å². The largest absolute Gasteiger partial charge is 0.322 e. The zero-order valence-corrected chi connectivity index (χ0v) is 7.73. The molecule has 0 atom stereocenters. The Balaban J connectivity index is 2.02. The predicted octanol–water partition coefficient (Wildman–Crippen LogP) is 0.251. The van der Waals surface area contributed by atoms with E-state index in [-0.39, 0.29) is 12.5 Å². The van der Waals surface area contributed by atoms with E-state index in [1.54, 1.807) is 12.4 Å². The summed E-state index contributed by atoms with van der Waals surface area (Å²) in [7, 11) is 0. The van der Waals surface area contributed by atoms with Crippen molar-refractivity contribution >= 4 is 11.6 Å². The van der Waals surface area contributed by atoms with Crippen molar-refractivity contribution in [3.05, 3.63) is 18.2 Å². The highest BCUT2D eigenvalue weighted by molar-refractivity contribution is 5.91. The molecule has 74 valence electrons. The summed E-state index contributed by atoms with van der Waals surface area (Å²) in [5, 5.41) is 2.59. The van der Waals surface area contributed by atoms with Gasteiger partial charge in [-0.05, 0) is 12.8 Å². The number of carbonyl (C=O) groups excluding carboxylic acids is 1. The Labute approximate surface area is 81.7 Å². The average molecular weight is 192 g/mol. The van der Waals surface area contributed by atoms with Gasteiger partial charge in [0.25, 0.3) is 0 Å². The molecule has 1 aromatic heterocycles. The van der Waals surface area contributed by atoms with Crippen molar-refractivity contribution < 1.29 is 4.79 Å². The van der Waals surface area contributed by atoms with Gasteiger partial charge in [-0.25, -0.2) is 9.97 Å². The highest BCUT2D eigenvalue weighted by Gasteiger charge is 2.26. The minimum Gasteiger partial charge on any atom is -0.322 e. The van der Waals surface area contributed by atoms with Crippen LogP contribution in [0.1, 0.15) is 24.6 Å². The van der Waals surface area contributed by atoms with Gasteiger partial charge in [-0.3, -0.25) is 4.79 Å². The third kappa shape index (κ3) is 2.05. The van der Waals surface area contributed by atoms with Gasteiger partial charge in [-0.1, -0.05) is 0 Å². The fourth-order valence-corrected chi connectivity index (χ4v) is 1.17. The molecule has 0 spiro atoms. The van der Waals surface area contributed by atoms with Crippen LogP contribution in [0.5, 0.6) is 0 Å². The highest BCUT2D eigenvalue weighted by atomic mass is 16.1. The van der Waals surface area contributed by atoms with Gasteiger partial charge < -0.3 is 11.1 Å². The van der Waals surface area contributed by atoms with Gasteiger partial charge in [0.15, 0.2) is 0 Å². The lowest BCUT2D eigenvalue weighted by atomic mass is 10.4. The SMILES string of the molecule is NCC(=O)Nc1cnc(C2CC2)nc1. The predicted molar refractivity (Wildman–Crippen MR) is 51.7 cm³/mol. The third-order valence-electron chi connectivity index (χ3n) is 2.08. The summed E-state index contributed by atoms with van der Waals surface area (Å²) in [6.45, 7) is -0.0234. The number of aromatic nitrogens is 2. The number of amides is 1. The van der Waals surface area contributed by atoms with Gasteiger partial charge in [0.1, 0.15) is 5.82 Å². The number of nitrogens with zero attached hydrogens (tertiary/aromatic N) is 2. The van der Waals surface area contributed by atoms with E-state index in [0.29, 0.717) is 11.6 Å². The summed E-state index contributed by atoms with van der Waals surface area (Å²) >= 11 is 0. The highest BCUT2D eigenvalue weighted by Crippen LogP contribution is 2.37. The number of anilines is 1. The normalized spacial score (nSPS) is 15.2. The van der Waals surface area contributed by atoms with Crippen LogP contribution >= 0.6 is 0 Å². The summed E-state index contributed by atoms with van der Waals surface area (Å²) < 4.78 is 0. The van der Waals surface area contributed by atoms with E-state index in [1.807, 2.05) is 0 Å². The second-order valence-corrected chi connectivity index (χ2v) is 3.36. The van der Waals surface area contributed by atoms with Gasteiger partial charge in [-0.2, -0.15) is 0 Å². The third-order valence-corrected chi connectivity index (χ3v) is 2.08. The molecule has 1 saturated carbocycles. The van der Waals surface area contributed by atoms with Gasteiger partial charge in [0.2, 0.25) is 5.91 Å². The van der Waals surface area contributed by atoms with Crippen molar-refractivity contribution in [3.63, 3.8) is 0 Å². The molecular formula is C9H12N4O. The lowest BCUT2D eigenvalue weighted by molar-refractivity contribution is -0.114. The van der Waals surface area contributed by atoms with Crippen LogP contribution in [0.25, 0.3) is 0 Å². The van der Waals surface area contributed by atoms with Crippen LogP contribution in [0.3, 0.4) is 0 Å². The molecule has 3 N–H and O–H groups in total. The van der Waals surface area contributed by atoms with Crippen molar-refractivity contribution in [2.75, 3.05) is 11.9 Å². The molecule has 1 aliphatic rings. The van der Waals surface area contributed by atoms with Crippen LogP contribution in [0, 0.1) is 0 Å². The lowest BCUT2D eigenvalue weighted by Crippen LogP contribution is -2.22. The minimum absolute atomic E-state index is 0.0234. The monoisotopic (exact) mass is 192 g/mol. The zero-order valence-electron chi connectivity index (χ0n) is 7.73. The smallest absolute Gasteiger partial charge is 0.238 e. The van der Waals surface area contributed by atoms with E-state index >= 15 is 0 Å². The van der Waals surface area contributed by atoms with E-state index in [0.717, 1.165) is 5.82 Å². The maximum Gasteiger partial charge on any atom is 0.238 e. The van der Waals surface area contributed by atoms with Crippen LogP contribution < -0.4 is 11.1 Å². The molecule has 0 saturated heterocycles. The van der Waals surface area contributed by atoms with E-state index in [1.165, 1.54) is 12.8 Å². The fourth-order valence-electron chi connectivity index (χ4n) is 1.17. The maximum atomic E-state index is 10.9. The molecule has 1 aliphatic carbocycles. The molecule has 0 aliphatic heterocycles. The second-order valence-electron chi connectivity index (χ2n) is 3.36. The van der Waals surface area contributed by atoms with Crippen LogP contribution in [-0.2, 0) is 4.79 Å². The first-order chi connectivity index (χ1) is 6.79.